The molecule has 1 heterocycles. The van der Waals surface area contributed by atoms with Crippen LogP contribution in [0.3, 0.4) is 0 Å². The van der Waals surface area contributed by atoms with E-state index < -0.39 is 0 Å². The van der Waals surface area contributed by atoms with Gasteiger partial charge in [-0.25, -0.2) is 4.98 Å². The smallest absolute Gasteiger partial charge is 0.248 e. The first-order chi connectivity index (χ1) is 11.2. The highest BCUT2D eigenvalue weighted by Gasteiger charge is 2.04. The minimum atomic E-state index is -0.152. The van der Waals surface area contributed by atoms with Crippen LogP contribution in [0.1, 0.15) is 10.6 Å². The molecule has 4 heteroatoms. The Balaban J connectivity index is 1.70. The van der Waals surface area contributed by atoms with Gasteiger partial charge in [-0.3, -0.25) is 4.79 Å². The molecule has 0 saturated heterocycles. The fourth-order valence-electron chi connectivity index (χ4n) is 2.17. The number of nitrogens with one attached hydrogen (secondary N) is 1. The summed E-state index contributed by atoms with van der Waals surface area (Å²) >= 11 is 1.62. The Morgan fingerprint density at radius 1 is 1.13 bits per heavy atom. The molecule has 0 aliphatic rings. The molecular formula is C19H16N2OS. The van der Waals surface area contributed by atoms with E-state index in [1.165, 1.54) is 6.08 Å². The van der Waals surface area contributed by atoms with Gasteiger partial charge in [0.25, 0.3) is 0 Å². The molecule has 23 heavy (non-hydrogen) atoms. The van der Waals surface area contributed by atoms with Crippen LogP contribution in [0.25, 0.3) is 17.3 Å². The Labute approximate surface area is 139 Å². The molecule has 3 rings (SSSR count). The summed E-state index contributed by atoms with van der Waals surface area (Å²) in [6, 6.07) is 17.4. The molecule has 1 aromatic heterocycles. The van der Waals surface area contributed by atoms with Crippen molar-refractivity contribution in [2.75, 3.05) is 5.32 Å². The van der Waals surface area contributed by atoms with Crippen molar-refractivity contribution in [1.82, 2.24) is 4.98 Å². The summed E-state index contributed by atoms with van der Waals surface area (Å²) in [6.07, 6.45) is 3.33. The molecule has 0 radical (unpaired) electrons. The molecule has 3 nitrogen and oxygen atoms in total. The van der Waals surface area contributed by atoms with Crippen LogP contribution in [-0.2, 0) is 4.79 Å². The van der Waals surface area contributed by atoms with Gasteiger partial charge in [0.05, 0.1) is 10.7 Å². The lowest BCUT2D eigenvalue weighted by molar-refractivity contribution is -0.111. The Bertz CT molecular complexity index is 837. The standard InChI is InChI=1S/C19H16N2OS/c1-14-20-18(13-23-14)16-8-5-9-17(12-16)21-19(22)11-10-15-6-3-2-4-7-15/h2-13H,1H3,(H,21,22). The number of aromatic nitrogens is 1. The zero-order chi connectivity index (χ0) is 16.1. The number of benzene rings is 2. The zero-order valence-corrected chi connectivity index (χ0v) is 13.5. The van der Waals surface area contributed by atoms with E-state index in [-0.39, 0.29) is 5.91 Å². The molecule has 1 N–H and O–H groups in total. The molecule has 0 saturated carbocycles. The van der Waals surface area contributed by atoms with Crippen LogP contribution in [0.15, 0.2) is 66.1 Å². The number of thiazole rings is 1. The lowest BCUT2D eigenvalue weighted by atomic mass is 10.1. The quantitative estimate of drug-likeness (QED) is 0.704. The molecular weight excluding hydrogens is 304 g/mol. The van der Waals surface area contributed by atoms with Crippen LogP contribution < -0.4 is 5.32 Å². The van der Waals surface area contributed by atoms with Crippen molar-refractivity contribution in [2.45, 2.75) is 6.92 Å². The zero-order valence-electron chi connectivity index (χ0n) is 12.7. The second-order valence-electron chi connectivity index (χ2n) is 5.07. The summed E-state index contributed by atoms with van der Waals surface area (Å²) in [4.78, 5) is 16.5. The van der Waals surface area contributed by atoms with Gasteiger partial charge in [0, 0.05) is 22.7 Å². The molecule has 0 atom stereocenters. The number of rotatable bonds is 4. The van der Waals surface area contributed by atoms with Crippen LogP contribution in [0.4, 0.5) is 5.69 Å². The minimum absolute atomic E-state index is 0.152. The van der Waals surface area contributed by atoms with Crippen molar-refractivity contribution in [3.05, 3.63) is 76.6 Å². The van der Waals surface area contributed by atoms with Gasteiger partial charge < -0.3 is 5.32 Å². The molecule has 0 fully saturated rings. The summed E-state index contributed by atoms with van der Waals surface area (Å²) in [6.45, 7) is 1.98. The van der Waals surface area contributed by atoms with Crippen molar-refractivity contribution >= 4 is 29.0 Å². The first-order valence-corrected chi connectivity index (χ1v) is 8.15. The van der Waals surface area contributed by atoms with Gasteiger partial charge in [0.15, 0.2) is 0 Å². The van der Waals surface area contributed by atoms with E-state index in [2.05, 4.69) is 10.3 Å². The summed E-state index contributed by atoms with van der Waals surface area (Å²) in [5.74, 6) is -0.152. The predicted molar refractivity (Wildman–Crippen MR) is 96.4 cm³/mol. The van der Waals surface area contributed by atoms with Gasteiger partial charge in [-0.1, -0.05) is 42.5 Å². The second-order valence-corrected chi connectivity index (χ2v) is 6.13. The summed E-state index contributed by atoms with van der Waals surface area (Å²) in [5, 5.41) is 5.93. The lowest BCUT2D eigenvalue weighted by Gasteiger charge is -2.04. The van der Waals surface area contributed by atoms with Crippen LogP contribution in [-0.4, -0.2) is 10.9 Å². The van der Waals surface area contributed by atoms with Gasteiger partial charge in [-0.2, -0.15) is 0 Å². The molecule has 0 unspecified atom stereocenters. The SMILES string of the molecule is Cc1nc(-c2cccc(NC(=O)C=Cc3ccccc3)c2)cs1. The Hall–Kier alpha value is -2.72. The highest BCUT2D eigenvalue weighted by atomic mass is 32.1. The van der Waals surface area contributed by atoms with Crippen LogP contribution >= 0.6 is 11.3 Å². The number of carbonyl (C=O) groups is 1. The van der Waals surface area contributed by atoms with E-state index in [1.54, 1.807) is 17.4 Å². The fraction of sp³-hybridized carbons (Fsp3) is 0.0526. The predicted octanol–water partition coefficient (Wildman–Crippen LogP) is 4.77. The fourth-order valence-corrected chi connectivity index (χ4v) is 2.79. The Kier molecular flexibility index (Phi) is 4.64. The highest BCUT2D eigenvalue weighted by Crippen LogP contribution is 2.24. The van der Waals surface area contributed by atoms with Crippen molar-refractivity contribution in [3.8, 4) is 11.3 Å². The van der Waals surface area contributed by atoms with Crippen molar-refractivity contribution in [3.63, 3.8) is 0 Å². The van der Waals surface area contributed by atoms with Gasteiger partial charge in [-0.15, -0.1) is 11.3 Å². The number of aryl methyl sites for hydroxylation is 1. The van der Waals surface area contributed by atoms with Gasteiger partial charge in [-0.05, 0) is 30.7 Å². The average molecular weight is 320 g/mol. The number of carbonyl (C=O) groups excluding carboxylic acids is 1. The van der Waals surface area contributed by atoms with Crippen molar-refractivity contribution in [2.24, 2.45) is 0 Å². The first kappa shape index (κ1) is 15.2. The first-order valence-electron chi connectivity index (χ1n) is 7.27. The minimum Gasteiger partial charge on any atom is -0.322 e. The van der Waals surface area contributed by atoms with E-state index >= 15 is 0 Å². The topological polar surface area (TPSA) is 42.0 Å². The molecule has 0 spiro atoms. The van der Waals surface area contributed by atoms with Crippen molar-refractivity contribution < 1.29 is 4.79 Å². The maximum absolute atomic E-state index is 12.0. The van der Waals surface area contributed by atoms with E-state index in [0.29, 0.717) is 0 Å². The van der Waals surface area contributed by atoms with E-state index in [0.717, 1.165) is 27.5 Å². The molecule has 0 bridgehead atoms. The van der Waals surface area contributed by atoms with Gasteiger partial charge >= 0.3 is 0 Å². The molecule has 114 valence electrons. The van der Waals surface area contributed by atoms with Crippen molar-refractivity contribution in [1.29, 1.82) is 0 Å². The number of hydrogen-bond acceptors (Lipinski definition) is 3. The van der Waals surface area contributed by atoms with Crippen LogP contribution in [0.5, 0.6) is 0 Å². The number of anilines is 1. The third-order valence-electron chi connectivity index (χ3n) is 3.27. The van der Waals surface area contributed by atoms with Gasteiger partial charge in [0.1, 0.15) is 0 Å². The third-order valence-corrected chi connectivity index (χ3v) is 4.05. The Morgan fingerprint density at radius 2 is 1.96 bits per heavy atom. The normalized spacial score (nSPS) is 10.8. The second kappa shape index (κ2) is 7.03. The molecule has 0 aliphatic carbocycles. The van der Waals surface area contributed by atoms with E-state index in [1.807, 2.05) is 66.9 Å². The Morgan fingerprint density at radius 3 is 2.70 bits per heavy atom. The largest absolute Gasteiger partial charge is 0.322 e. The maximum atomic E-state index is 12.0. The van der Waals surface area contributed by atoms with Gasteiger partial charge in [0.2, 0.25) is 5.91 Å². The average Bonchev–Trinajstić information content (AvgIpc) is 3.01. The monoisotopic (exact) mass is 320 g/mol. The van der Waals surface area contributed by atoms with Crippen LogP contribution in [0, 0.1) is 6.92 Å². The number of amides is 1. The lowest BCUT2D eigenvalue weighted by Crippen LogP contribution is -2.07. The van der Waals surface area contributed by atoms with Crippen LogP contribution in [0.2, 0.25) is 0 Å². The third kappa shape index (κ3) is 4.14. The molecule has 2 aromatic carbocycles. The number of nitrogens with zero attached hydrogens (tertiary/aromatic N) is 1. The molecule has 0 aliphatic heterocycles. The number of hydrogen-bond donors (Lipinski definition) is 1. The summed E-state index contributed by atoms with van der Waals surface area (Å²) in [5.41, 5.74) is 3.69. The van der Waals surface area contributed by atoms with E-state index in [4.69, 9.17) is 0 Å². The maximum Gasteiger partial charge on any atom is 0.248 e. The highest BCUT2D eigenvalue weighted by molar-refractivity contribution is 7.09. The molecule has 3 aromatic rings. The summed E-state index contributed by atoms with van der Waals surface area (Å²) in [7, 11) is 0. The van der Waals surface area contributed by atoms with E-state index in [9.17, 15) is 4.79 Å². The summed E-state index contributed by atoms with van der Waals surface area (Å²) < 4.78 is 0. The molecule has 1 amide bonds.